The van der Waals surface area contributed by atoms with Gasteiger partial charge >= 0.3 is 0 Å². The molecule has 0 saturated carbocycles. The third-order valence-electron chi connectivity index (χ3n) is 1.66. The van der Waals surface area contributed by atoms with Gasteiger partial charge in [-0.15, -0.1) is 11.3 Å². The first-order chi connectivity index (χ1) is 6.74. The predicted molar refractivity (Wildman–Crippen MR) is 60.6 cm³/mol. The SMILES string of the molecule is Cc1coc(NCc2ccc(Br)s2)n1. The fraction of sp³-hybridized carbons (Fsp3) is 0.222. The number of aromatic nitrogens is 1. The van der Waals surface area contributed by atoms with Crippen LogP contribution in [0.1, 0.15) is 10.6 Å². The molecule has 0 saturated heterocycles. The summed E-state index contributed by atoms with van der Waals surface area (Å²) >= 11 is 5.11. The van der Waals surface area contributed by atoms with Crippen LogP contribution in [0.5, 0.6) is 0 Å². The molecular formula is C9H9BrN2OS. The van der Waals surface area contributed by atoms with Gasteiger partial charge in [0.25, 0.3) is 6.01 Å². The van der Waals surface area contributed by atoms with Gasteiger partial charge in [0, 0.05) is 4.88 Å². The van der Waals surface area contributed by atoms with Crippen LogP contribution in [0.2, 0.25) is 0 Å². The third kappa shape index (κ3) is 2.36. The summed E-state index contributed by atoms with van der Waals surface area (Å²) in [6, 6.07) is 4.67. The molecule has 0 aliphatic heterocycles. The maximum Gasteiger partial charge on any atom is 0.295 e. The molecule has 0 unspecified atom stereocenters. The normalized spacial score (nSPS) is 10.4. The average molecular weight is 273 g/mol. The molecule has 0 radical (unpaired) electrons. The fourth-order valence-corrected chi connectivity index (χ4v) is 2.47. The molecule has 0 aromatic carbocycles. The van der Waals surface area contributed by atoms with E-state index in [1.54, 1.807) is 17.6 Å². The molecule has 0 aliphatic rings. The molecule has 14 heavy (non-hydrogen) atoms. The predicted octanol–water partition coefficient (Wildman–Crippen LogP) is 3.42. The second-order valence-corrected chi connectivity index (χ2v) is 5.40. The summed E-state index contributed by atoms with van der Waals surface area (Å²) in [6.45, 7) is 2.65. The molecule has 0 bridgehead atoms. The summed E-state index contributed by atoms with van der Waals surface area (Å²) in [5, 5.41) is 3.11. The van der Waals surface area contributed by atoms with Crippen LogP contribution in [-0.4, -0.2) is 4.98 Å². The van der Waals surface area contributed by atoms with E-state index in [0.29, 0.717) is 6.01 Å². The highest BCUT2D eigenvalue weighted by Crippen LogP contribution is 2.22. The zero-order valence-corrected chi connectivity index (χ0v) is 9.98. The van der Waals surface area contributed by atoms with E-state index in [1.165, 1.54) is 4.88 Å². The molecule has 0 spiro atoms. The van der Waals surface area contributed by atoms with Gasteiger partial charge in [-0.25, -0.2) is 0 Å². The van der Waals surface area contributed by atoms with Gasteiger partial charge in [0.05, 0.1) is 16.0 Å². The van der Waals surface area contributed by atoms with E-state index in [1.807, 2.05) is 13.0 Å². The minimum Gasteiger partial charge on any atom is -0.432 e. The number of anilines is 1. The van der Waals surface area contributed by atoms with Crippen molar-refractivity contribution in [2.75, 3.05) is 5.32 Å². The Labute approximate surface area is 94.3 Å². The van der Waals surface area contributed by atoms with E-state index in [0.717, 1.165) is 16.0 Å². The van der Waals surface area contributed by atoms with E-state index in [9.17, 15) is 0 Å². The molecule has 74 valence electrons. The molecule has 2 rings (SSSR count). The van der Waals surface area contributed by atoms with E-state index in [2.05, 4.69) is 32.3 Å². The minimum absolute atomic E-state index is 0.576. The van der Waals surface area contributed by atoms with Crippen LogP contribution >= 0.6 is 27.3 Å². The first-order valence-electron chi connectivity index (χ1n) is 4.14. The quantitative estimate of drug-likeness (QED) is 0.931. The number of rotatable bonds is 3. The first kappa shape index (κ1) is 9.73. The van der Waals surface area contributed by atoms with Crippen LogP contribution < -0.4 is 5.32 Å². The van der Waals surface area contributed by atoms with Crippen molar-refractivity contribution in [1.82, 2.24) is 4.98 Å². The lowest BCUT2D eigenvalue weighted by molar-refractivity contribution is 0.570. The summed E-state index contributed by atoms with van der Waals surface area (Å²) in [5.74, 6) is 0. The minimum atomic E-state index is 0.576. The molecule has 2 heterocycles. The van der Waals surface area contributed by atoms with Crippen molar-refractivity contribution < 1.29 is 4.42 Å². The van der Waals surface area contributed by atoms with Gasteiger partial charge in [0.2, 0.25) is 0 Å². The van der Waals surface area contributed by atoms with Crippen molar-refractivity contribution >= 4 is 33.3 Å². The molecule has 1 N–H and O–H groups in total. The van der Waals surface area contributed by atoms with Crippen molar-refractivity contribution in [3.63, 3.8) is 0 Å². The van der Waals surface area contributed by atoms with Crippen LogP contribution in [-0.2, 0) is 6.54 Å². The molecule has 2 aromatic rings. The molecular weight excluding hydrogens is 264 g/mol. The van der Waals surface area contributed by atoms with Gasteiger partial charge in [0.15, 0.2) is 0 Å². The standard InChI is InChI=1S/C9H9BrN2OS/c1-6-5-13-9(12-6)11-4-7-2-3-8(10)14-7/h2-3,5H,4H2,1H3,(H,11,12). The lowest BCUT2D eigenvalue weighted by Crippen LogP contribution is -1.97. The lowest BCUT2D eigenvalue weighted by atomic mass is 10.5. The Hall–Kier alpha value is -0.810. The number of nitrogens with one attached hydrogen (secondary N) is 1. The van der Waals surface area contributed by atoms with Crippen LogP contribution in [0.4, 0.5) is 6.01 Å². The van der Waals surface area contributed by atoms with Gasteiger partial charge in [0.1, 0.15) is 6.26 Å². The Morgan fingerprint density at radius 2 is 2.43 bits per heavy atom. The van der Waals surface area contributed by atoms with E-state index < -0.39 is 0 Å². The molecule has 0 amide bonds. The highest BCUT2D eigenvalue weighted by Gasteiger charge is 2.01. The lowest BCUT2D eigenvalue weighted by Gasteiger charge is -1.97. The van der Waals surface area contributed by atoms with Crippen LogP contribution in [0.15, 0.2) is 26.6 Å². The number of hydrogen-bond donors (Lipinski definition) is 1. The van der Waals surface area contributed by atoms with Crippen LogP contribution in [0.3, 0.4) is 0 Å². The Morgan fingerprint density at radius 1 is 1.57 bits per heavy atom. The number of aryl methyl sites for hydroxylation is 1. The zero-order chi connectivity index (χ0) is 9.97. The second kappa shape index (κ2) is 4.14. The first-order valence-corrected chi connectivity index (χ1v) is 5.75. The number of hydrogen-bond acceptors (Lipinski definition) is 4. The molecule has 3 nitrogen and oxygen atoms in total. The van der Waals surface area contributed by atoms with Gasteiger partial charge < -0.3 is 9.73 Å². The summed E-state index contributed by atoms with van der Waals surface area (Å²) in [7, 11) is 0. The Morgan fingerprint density at radius 3 is 3.00 bits per heavy atom. The van der Waals surface area contributed by atoms with Crippen molar-refractivity contribution in [2.24, 2.45) is 0 Å². The third-order valence-corrected chi connectivity index (χ3v) is 3.29. The highest BCUT2D eigenvalue weighted by molar-refractivity contribution is 9.11. The monoisotopic (exact) mass is 272 g/mol. The Kier molecular flexibility index (Phi) is 2.88. The van der Waals surface area contributed by atoms with Crippen LogP contribution in [0.25, 0.3) is 0 Å². The number of nitrogens with zero attached hydrogens (tertiary/aromatic N) is 1. The Balaban J connectivity index is 1.94. The van der Waals surface area contributed by atoms with E-state index >= 15 is 0 Å². The fourth-order valence-electron chi connectivity index (χ4n) is 1.04. The van der Waals surface area contributed by atoms with Crippen molar-refractivity contribution in [3.05, 3.63) is 32.8 Å². The number of oxazole rings is 1. The number of halogens is 1. The summed E-state index contributed by atoms with van der Waals surface area (Å²) in [5.41, 5.74) is 0.889. The van der Waals surface area contributed by atoms with Gasteiger partial charge in [-0.1, -0.05) is 0 Å². The molecule has 0 aliphatic carbocycles. The van der Waals surface area contributed by atoms with Crippen LogP contribution in [0, 0.1) is 6.92 Å². The van der Waals surface area contributed by atoms with Crippen molar-refractivity contribution in [2.45, 2.75) is 13.5 Å². The summed E-state index contributed by atoms with van der Waals surface area (Å²) in [6.07, 6.45) is 1.63. The maximum absolute atomic E-state index is 5.16. The largest absolute Gasteiger partial charge is 0.432 e. The van der Waals surface area contributed by atoms with Crippen molar-refractivity contribution in [3.8, 4) is 0 Å². The maximum atomic E-state index is 5.16. The molecule has 0 atom stereocenters. The average Bonchev–Trinajstić information content (AvgIpc) is 2.72. The Bertz CT molecular complexity index is 384. The molecule has 0 fully saturated rings. The number of thiophene rings is 1. The van der Waals surface area contributed by atoms with E-state index in [-0.39, 0.29) is 0 Å². The van der Waals surface area contributed by atoms with Gasteiger partial charge in [-0.3, -0.25) is 0 Å². The van der Waals surface area contributed by atoms with Crippen molar-refractivity contribution in [1.29, 1.82) is 0 Å². The topological polar surface area (TPSA) is 38.1 Å². The summed E-state index contributed by atoms with van der Waals surface area (Å²) < 4.78 is 6.30. The summed E-state index contributed by atoms with van der Waals surface area (Å²) in [4.78, 5) is 5.39. The zero-order valence-electron chi connectivity index (χ0n) is 7.58. The molecule has 5 heteroatoms. The van der Waals surface area contributed by atoms with E-state index in [4.69, 9.17) is 4.42 Å². The molecule has 2 aromatic heterocycles. The van der Waals surface area contributed by atoms with Gasteiger partial charge in [-0.05, 0) is 35.0 Å². The van der Waals surface area contributed by atoms with Gasteiger partial charge in [-0.2, -0.15) is 4.98 Å². The second-order valence-electron chi connectivity index (χ2n) is 2.85. The smallest absolute Gasteiger partial charge is 0.295 e. The highest BCUT2D eigenvalue weighted by atomic mass is 79.9.